The number of ether oxygens (including phenoxy) is 1. The number of rotatable bonds is 5. The van der Waals surface area contributed by atoms with E-state index in [2.05, 4.69) is 10.6 Å². The predicted molar refractivity (Wildman–Crippen MR) is 58.5 cm³/mol. The lowest BCUT2D eigenvalue weighted by molar-refractivity contribution is 0.0708. The molecule has 0 saturated heterocycles. The summed E-state index contributed by atoms with van der Waals surface area (Å²) >= 11 is 0. The smallest absolute Gasteiger partial charge is 0.404 e. The van der Waals surface area contributed by atoms with Crippen LogP contribution in [-0.2, 0) is 4.74 Å². The number of hydrogen-bond acceptors (Lipinski definition) is 4. The van der Waals surface area contributed by atoms with Gasteiger partial charge in [-0.3, -0.25) is 0 Å². The van der Waals surface area contributed by atoms with Crippen LogP contribution in [-0.4, -0.2) is 54.8 Å². The van der Waals surface area contributed by atoms with Crippen molar-refractivity contribution >= 4 is 6.09 Å². The van der Waals surface area contributed by atoms with Crippen LogP contribution in [0.3, 0.4) is 0 Å². The summed E-state index contributed by atoms with van der Waals surface area (Å²) in [6.45, 7) is 1.31. The lowest BCUT2D eigenvalue weighted by Crippen LogP contribution is -2.50. The van der Waals surface area contributed by atoms with Crippen LogP contribution in [0.4, 0.5) is 4.79 Å². The molecule has 6 heteroatoms. The molecule has 0 aliphatic heterocycles. The summed E-state index contributed by atoms with van der Waals surface area (Å²) in [4.78, 5) is 10.4. The highest BCUT2D eigenvalue weighted by atomic mass is 16.5. The van der Waals surface area contributed by atoms with Crippen molar-refractivity contribution in [3.63, 3.8) is 0 Å². The van der Waals surface area contributed by atoms with Gasteiger partial charge in [-0.25, -0.2) is 4.79 Å². The van der Waals surface area contributed by atoms with Crippen LogP contribution in [0.2, 0.25) is 0 Å². The number of hydrogen-bond donors (Lipinski definition) is 4. The van der Waals surface area contributed by atoms with E-state index >= 15 is 0 Å². The van der Waals surface area contributed by atoms with Gasteiger partial charge in [0, 0.05) is 25.7 Å². The van der Waals surface area contributed by atoms with Crippen molar-refractivity contribution in [3.05, 3.63) is 0 Å². The maximum absolute atomic E-state index is 10.4. The second kappa shape index (κ2) is 6.67. The maximum Gasteiger partial charge on any atom is 0.404 e. The quantitative estimate of drug-likeness (QED) is 0.492. The van der Waals surface area contributed by atoms with Crippen molar-refractivity contribution in [1.82, 2.24) is 10.6 Å². The zero-order valence-corrected chi connectivity index (χ0v) is 9.48. The Labute approximate surface area is 95.0 Å². The summed E-state index contributed by atoms with van der Waals surface area (Å²) in [6.07, 6.45) is 0.478. The number of aliphatic hydroxyl groups excluding tert-OH is 1. The summed E-state index contributed by atoms with van der Waals surface area (Å²) < 4.78 is 4.91. The molecule has 0 aromatic rings. The van der Waals surface area contributed by atoms with Crippen molar-refractivity contribution in [2.75, 3.05) is 20.3 Å². The van der Waals surface area contributed by atoms with Crippen molar-refractivity contribution in [2.24, 2.45) is 0 Å². The molecule has 1 amide bonds. The molecular formula is C10H20N2O4. The third kappa shape index (κ3) is 4.34. The molecule has 0 radical (unpaired) electrons. The fourth-order valence-electron chi connectivity index (χ4n) is 2.04. The van der Waals surface area contributed by atoms with Gasteiger partial charge in [0.15, 0.2) is 0 Å². The minimum Gasteiger partial charge on any atom is -0.465 e. The van der Waals surface area contributed by atoms with E-state index in [1.165, 1.54) is 0 Å². The van der Waals surface area contributed by atoms with Gasteiger partial charge in [-0.1, -0.05) is 0 Å². The molecule has 6 nitrogen and oxygen atoms in total. The molecule has 1 rings (SSSR count). The Balaban J connectivity index is 2.25. The number of carbonyl (C=O) groups is 1. The van der Waals surface area contributed by atoms with Gasteiger partial charge in [0.2, 0.25) is 0 Å². The second-order valence-electron chi connectivity index (χ2n) is 4.08. The molecule has 94 valence electrons. The van der Waals surface area contributed by atoms with Crippen LogP contribution in [0.25, 0.3) is 0 Å². The first-order valence-corrected chi connectivity index (χ1v) is 5.53. The third-order valence-corrected chi connectivity index (χ3v) is 2.86. The van der Waals surface area contributed by atoms with E-state index in [9.17, 15) is 9.90 Å². The van der Waals surface area contributed by atoms with Crippen LogP contribution < -0.4 is 10.6 Å². The van der Waals surface area contributed by atoms with Crippen molar-refractivity contribution < 1.29 is 19.7 Å². The minimum atomic E-state index is -1.03. The van der Waals surface area contributed by atoms with Crippen LogP contribution in [0.5, 0.6) is 0 Å². The predicted octanol–water partition coefficient (Wildman–Crippen LogP) is -0.228. The summed E-state index contributed by atoms with van der Waals surface area (Å²) in [5.41, 5.74) is 0. The average molecular weight is 232 g/mol. The molecule has 4 N–H and O–H groups in total. The Kier molecular flexibility index (Phi) is 5.51. The summed E-state index contributed by atoms with van der Waals surface area (Å²) in [7, 11) is 1.63. The van der Waals surface area contributed by atoms with E-state index in [4.69, 9.17) is 9.84 Å². The van der Waals surface area contributed by atoms with E-state index in [1.54, 1.807) is 7.11 Å². The highest BCUT2D eigenvalue weighted by molar-refractivity contribution is 5.64. The number of methoxy groups -OCH3 is 1. The highest BCUT2D eigenvalue weighted by Crippen LogP contribution is 2.19. The van der Waals surface area contributed by atoms with Crippen LogP contribution in [0.15, 0.2) is 0 Å². The van der Waals surface area contributed by atoms with Gasteiger partial charge in [0.05, 0.1) is 12.7 Å². The summed E-state index contributed by atoms with van der Waals surface area (Å²) in [6, 6.07) is -0.0880. The molecule has 1 fully saturated rings. The van der Waals surface area contributed by atoms with E-state index < -0.39 is 12.2 Å². The third-order valence-electron chi connectivity index (χ3n) is 2.86. The molecule has 1 aliphatic rings. The Morgan fingerprint density at radius 1 is 1.50 bits per heavy atom. The number of nitrogens with one attached hydrogen (secondary N) is 2. The van der Waals surface area contributed by atoms with Crippen LogP contribution in [0.1, 0.15) is 19.3 Å². The lowest BCUT2D eigenvalue weighted by Gasteiger charge is -2.33. The maximum atomic E-state index is 10.4. The topological polar surface area (TPSA) is 90.8 Å². The number of aliphatic hydroxyl groups is 1. The second-order valence-corrected chi connectivity index (χ2v) is 4.08. The zero-order chi connectivity index (χ0) is 12.0. The molecule has 16 heavy (non-hydrogen) atoms. The molecular weight excluding hydrogens is 212 g/mol. The van der Waals surface area contributed by atoms with Gasteiger partial charge in [-0.2, -0.15) is 0 Å². The van der Waals surface area contributed by atoms with Crippen molar-refractivity contribution in [3.8, 4) is 0 Å². The van der Waals surface area contributed by atoms with E-state index in [-0.39, 0.29) is 12.1 Å². The Morgan fingerprint density at radius 2 is 2.25 bits per heavy atom. The monoisotopic (exact) mass is 232 g/mol. The largest absolute Gasteiger partial charge is 0.465 e. The molecule has 0 bridgehead atoms. The minimum absolute atomic E-state index is 0.0435. The molecule has 0 heterocycles. The Bertz CT molecular complexity index is 225. The normalized spacial score (nSPS) is 30.0. The first kappa shape index (κ1) is 13.2. The molecule has 3 atom stereocenters. The van der Waals surface area contributed by atoms with Crippen LogP contribution in [0, 0.1) is 0 Å². The fraction of sp³-hybridized carbons (Fsp3) is 0.900. The van der Waals surface area contributed by atoms with Gasteiger partial charge in [-0.15, -0.1) is 0 Å². The first-order valence-electron chi connectivity index (χ1n) is 5.53. The number of carboxylic acid groups (broad SMARTS) is 1. The van der Waals surface area contributed by atoms with Crippen molar-refractivity contribution in [1.29, 1.82) is 0 Å². The number of amides is 1. The average Bonchev–Trinajstić information content (AvgIpc) is 2.20. The van der Waals surface area contributed by atoms with E-state index in [0.717, 1.165) is 12.8 Å². The van der Waals surface area contributed by atoms with Gasteiger partial charge in [0.1, 0.15) is 0 Å². The molecule has 0 spiro atoms. The van der Waals surface area contributed by atoms with Crippen molar-refractivity contribution in [2.45, 2.75) is 37.5 Å². The summed E-state index contributed by atoms with van der Waals surface area (Å²) in [5, 5.41) is 24.0. The molecule has 1 aliphatic carbocycles. The summed E-state index contributed by atoms with van der Waals surface area (Å²) in [5.74, 6) is 0. The Morgan fingerprint density at radius 3 is 2.81 bits per heavy atom. The molecule has 0 unspecified atom stereocenters. The SMILES string of the molecule is COCCN[C@H]1CC[C@H](NC(=O)O)C[C@@H]1O. The van der Waals surface area contributed by atoms with Gasteiger partial charge in [-0.05, 0) is 19.3 Å². The van der Waals surface area contributed by atoms with E-state index in [0.29, 0.717) is 19.6 Å². The fourth-order valence-corrected chi connectivity index (χ4v) is 2.04. The molecule has 0 aromatic carbocycles. The van der Waals surface area contributed by atoms with Crippen LogP contribution >= 0.6 is 0 Å². The molecule has 1 saturated carbocycles. The molecule has 0 aromatic heterocycles. The standard InChI is InChI=1S/C10H20N2O4/c1-16-5-4-11-8-3-2-7(6-9(8)13)12-10(14)15/h7-9,11-13H,2-6H2,1H3,(H,14,15)/t7-,8-,9-/m0/s1. The zero-order valence-electron chi connectivity index (χ0n) is 9.48. The Hall–Kier alpha value is -0.850. The van der Waals surface area contributed by atoms with Gasteiger partial charge < -0.3 is 25.6 Å². The lowest BCUT2D eigenvalue weighted by atomic mass is 9.88. The first-order chi connectivity index (χ1) is 7.63. The van der Waals surface area contributed by atoms with Gasteiger partial charge >= 0.3 is 6.09 Å². The van der Waals surface area contributed by atoms with Gasteiger partial charge in [0.25, 0.3) is 0 Å². The highest BCUT2D eigenvalue weighted by Gasteiger charge is 2.29. The van der Waals surface area contributed by atoms with E-state index in [1.807, 2.05) is 0 Å².